The van der Waals surface area contributed by atoms with Crippen LogP contribution in [0.1, 0.15) is 25.8 Å². The maximum absolute atomic E-state index is 11.6. The maximum atomic E-state index is 11.6. The van der Waals surface area contributed by atoms with E-state index in [1.165, 1.54) is 0 Å². The molecule has 3 unspecified atom stereocenters. The smallest absolute Gasteiger partial charge is 0.180 e. The lowest BCUT2D eigenvalue weighted by atomic mass is 9.98. The summed E-state index contributed by atoms with van der Waals surface area (Å²) in [5.74, 6) is 0.265. The van der Waals surface area contributed by atoms with Crippen molar-refractivity contribution in [3.8, 4) is 0 Å². The van der Waals surface area contributed by atoms with Gasteiger partial charge in [-0.1, -0.05) is 44.2 Å². The fraction of sp³-hybridized carbons (Fsp3) is 0.500. The average molecular weight is 233 g/mol. The number of benzene rings is 1. The predicted molar refractivity (Wildman–Crippen MR) is 68.0 cm³/mol. The van der Waals surface area contributed by atoms with Crippen molar-refractivity contribution in [2.24, 2.45) is 5.92 Å². The summed E-state index contributed by atoms with van der Waals surface area (Å²) in [5.41, 5.74) is 1.14. The Morgan fingerprint density at radius 3 is 2.59 bits per heavy atom. The van der Waals surface area contributed by atoms with E-state index in [-0.39, 0.29) is 18.1 Å². The molecule has 1 aromatic carbocycles. The van der Waals surface area contributed by atoms with Crippen molar-refractivity contribution in [3.05, 3.63) is 41.1 Å². The molecule has 0 spiro atoms. The Morgan fingerprint density at radius 2 is 2.00 bits per heavy atom. The van der Waals surface area contributed by atoms with Crippen LogP contribution in [-0.2, 0) is 11.3 Å². The molecule has 0 saturated carbocycles. The Bertz CT molecular complexity index is 388. The Balaban J connectivity index is 1.93. The van der Waals surface area contributed by atoms with Gasteiger partial charge in [0.1, 0.15) is 6.10 Å². The zero-order valence-electron chi connectivity index (χ0n) is 10.4. The molecule has 1 aliphatic rings. The van der Waals surface area contributed by atoms with Crippen LogP contribution in [0, 0.1) is 11.1 Å². The van der Waals surface area contributed by atoms with Crippen LogP contribution in [0.15, 0.2) is 30.3 Å². The minimum Gasteiger partial charge on any atom is -0.624 e. The third-order valence-corrected chi connectivity index (χ3v) is 3.45. The highest BCUT2D eigenvalue weighted by molar-refractivity contribution is 5.60. The summed E-state index contributed by atoms with van der Waals surface area (Å²) in [6.07, 6.45) is 2.48. The second-order valence-electron chi connectivity index (χ2n) is 4.60. The van der Waals surface area contributed by atoms with Crippen LogP contribution in [0.2, 0.25) is 0 Å². The zero-order chi connectivity index (χ0) is 12.3. The summed E-state index contributed by atoms with van der Waals surface area (Å²) >= 11 is 0. The maximum Gasteiger partial charge on any atom is 0.180 e. The number of hydrogen-bond acceptors (Lipinski definition) is 2. The van der Waals surface area contributed by atoms with Gasteiger partial charge in [0, 0.05) is 6.42 Å². The van der Waals surface area contributed by atoms with Gasteiger partial charge < -0.3 is 9.94 Å². The van der Waals surface area contributed by atoms with Gasteiger partial charge in [-0.25, -0.2) is 4.74 Å². The van der Waals surface area contributed by atoms with E-state index >= 15 is 0 Å². The first-order valence-electron chi connectivity index (χ1n) is 6.18. The van der Waals surface area contributed by atoms with Gasteiger partial charge >= 0.3 is 0 Å². The molecule has 0 N–H and O–H groups in total. The lowest BCUT2D eigenvalue weighted by Gasteiger charge is -2.16. The molecule has 0 bridgehead atoms. The second kappa shape index (κ2) is 5.32. The average Bonchev–Trinajstić information content (AvgIpc) is 2.63. The molecule has 0 aliphatic carbocycles. The molecule has 3 heteroatoms. The molecule has 0 fully saturated rings. The number of nitrogens with zero attached hydrogens (tertiary/aromatic N) is 1. The van der Waals surface area contributed by atoms with Crippen LogP contribution in [-0.4, -0.2) is 23.1 Å². The first-order chi connectivity index (χ1) is 8.22. The van der Waals surface area contributed by atoms with E-state index in [4.69, 9.17) is 4.74 Å². The van der Waals surface area contributed by atoms with Crippen molar-refractivity contribution in [1.29, 1.82) is 0 Å². The normalized spacial score (nSPS) is 28.1. The predicted octanol–water partition coefficient (Wildman–Crippen LogP) is 2.58. The third kappa shape index (κ3) is 2.67. The Kier molecular flexibility index (Phi) is 3.79. The molecule has 92 valence electrons. The van der Waals surface area contributed by atoms with E-state index in [0.29, 0.717) is 6.61 Å². The molecule has 1 heterocycles. The number of hydrogen-bond donors (Lipinski definition) is 0. The van der Waals surface area contributed by atoms with Crippen molar-refractivity contribution in [3.63, 3.8) is 0 Å². The van der Waals surface area contributed by atoms with E-state index in [0.717, 1.165) is 16.7 Å². The molecule has 0 saturated heterocycles. The Labute approximate surface area is 102 Å². The standard InChI is InChI=1S/C14H19NO2/c1-3-13-11(2)14(9-15(13)16)17-10-12-7-5-4-6-8-12/h4-9,11,13-14H,3,10H2,1-2H3. The molecule has 3 nitrogen and oxygen atoms in total. The fourth-order valence-electron chi connectivity index (χ4n) is 2.36. The van der Waals surface area contributed by atoms with Crippen LogP contribution in [0.4, 0.5) is 0 Å². The Hall–Kier alpha value is -1.35. The number of ether oxygens (including phenoxy) is 1. The van der Waals surface area contributed by atoms with Gasteiger partial charge in [0.25, 0.3) is 0 Å². The summed E-state index contributed by atoms with van der Waals surface area (Å²) in [4.78, 5) is 0. The van der Waals surface area contributed by atoms with Crippen molar-refractivity contribution < 1.29 is 9.48 Å². The summed E-state index contributed by atoms with van der Waals surface area (Å²) in [7, 11) is 0. The van der Waals surface area contributed by atoms with Crippen LogP contribution in [0.5, 0.6) is 0 Å². The summed E-state index contributed by atoms with van der Waals surface area (Å²) in [6.45, 7) is 4.69. The van der Waals surface area contributed by atoms with Crippen molar-refractivity contribution in [2.45, 2.75) is 39.0 Å². The lowest BCUT2D eigenvalue weighted by molar-refractivity contribution is -0.495. The summed E-state index contributed by atoms with van der Waals surface area (Å²) in [6, 6.07) is 10.1. The van der Waals surface area contributed by atoms with Crippen LogP contribution < -0.4 is 0 Å². The molecule has 0 radical (unpaired) electrons. The molecule has 3 atom stereocenters. The van der Waals surface area contributed by atoms with E-state index in [2.05, 4.69) is 6.92 Å². The van der Waals surface area contributed by atoms with E-state index < -0.39 is 0 Å². The third-order valence-electron chi connectivity index (χ3n) is 3.45. The monoisotopic (exact) mass is 233 g/mol. The van der Waals surface area contributed by atoms with E-state index in [9.17, 15) is 5.21 Å². The highest BCUT2D eigenvalue weighted by Gasteiger charge is 2.37. The Morgan fingerprint density at radius 1 is 1.29 bits per heavy atom. The van der Waals surface area contributed by atoms with Gasteiger partial charge in [0.15, 0.2) is 12.3 Å². The fourth-order valence-corrected chi connectivity index (χ4v) is 2.36. The quantitative estimate of drug-likeness (QED) is 0.592. The molecular weight excluding hydrogens is 214 g/mol. The SMILES string of the molecule is CCC1C(C)C(OCc2ccccc2)C=[N+]1[O-]. The van der Waals surface area contributed by atoms with Crippen LogP contribution >= 0.6 is 0 Å². The summed E-state index contributed by atoms with van der Waals surface area (Å²) < 4.78 is 6.86. The number of hydroxylamine groups is 1. The van der Waals surface area contributed by atoms with Gasteiger partial charge in [-0.15, -0.1) is 0 Å². The lowest BCUT2D eigenvalue weighted by Crippen LogP contribution is -2.27. The second-order valence-corrected chi connectivity index (χ2v) is 4.60. The molecule has 0 amide bonds. The molecule has 0 aromatic heterocycles. The van der Waals surface area contributed by atoms with Crippen molar-refractivity contribution in [1.82, 2.24) is 0 Å². The minimum atomic E-state index is -0.0577. The molecule has 17 heavy (non-hydrogen) atoms. The van der Waals surface area contributed by atoms with Gasteiger partial charge in [-0.2, -0.15) is 0 Å². The first kappa shape index (κ1) is 12.1. The van der Waals surface area contributed by atoms with Gasteiger partial charge in [0.05, 0.1) is 12.5 Å². The zero-order valence-corrected chi connectivity index (χ0v) is 10.4. The molecule has 1 aliphatic heterocycles. The van der Waals surface area contributed by atoms with Crippen LogP contribution in [0.3, 0.4) is 0 Å². The van der Waals surface area contributed by atoms with Crippen molar-refractivity contribution >= 4 is 6.21 Å². The molecule has 1 aromatic rings. The van der Waals surface area contributed by atoms with E-state index in [1.54, 1.807) is 6.21 Å². The van der Waals surface area contributed by atoms with Gasteiger partial charge in [-0.05, 0) is 5.56 Å². The molecular formula is C14H19NO2. The van der Waals surface area contributed by atoms with Crippen LogP contribution in [0.25, 0.3) is 0 Å². The minimum absolute atomic E-state index is 0.0577. The largest absolute Gasteiger partial charge is 0.624 e. The highest BCUT2D eigenvalue weighted by atomic mass is 16.5. The van der Waals surface area contributed by atoms with Gasteiger partial charge in [0.2, 0.25) is 0 Å². The first-order valence-corrected chi connectivity index (χ1v) is 6.18. The summed E-state index contributed by atoms with van der Waals surface area (Å²) in [5, 5.41) is 11.6. The van der Waals surface area contributed by atoms with E-state index in [1.807, 2.05) is 37.3 Å². The highest BCUT2D eigenvalue weighted by Crippen LogP contribution is 2.22. The topological polar surface area (TPSA) is 35.3 Å². The van der Waals surface area contributed by atoms with Gasteiger partial charge in [-0.3, -0.25) is 0 Å². The van der Waals surface area contributed by atoms with Crippen molar-refractivity contribution in [2.75, 3.05) is 0 Å². The molecule has 2 rings (SSSR count). The number of rotatable bonds is 4.